The summed E-state index contributed by atoms with van der Waals surface area (Å²) in [5.74, 6) is 0. The van der Waals surface area contributed by atoms with Crippen molar-refractivity contribution < 1.29 is 0 Å². The third-order valence-corrected chi connectivity index (χ3v) is 3.42. The number of benzene rings is 1. The molecule has 2 heterocycles. The highest BCUT2D eigenvalue weighted by atomic mass is 14.9. The number of pyridine rings is 1. The van der Waals surface area contributed by atoms with Crippen molar-refractivity contribution in [2.24, 2.45) is 0 Å². The maximum atomic E-state index is 6.07. The zero-order valence-corrected chi connectivity index (χ0v) is 9.82. The first-order valence-electron chi connectivity index (χ1n) is 6.20. The molecule has 88 valence electrons. The zero-order valence-electron chi connectivity index (χ0n) is 9.82. The van der Waals surface area contributed by atoms with E-state index in [-0.39, 0.29) is 0 Å². The van der Waals surface area contributed by atoms with Crippen LogP contribution in [0.1, 0.15) is 18.5 Å². The van der Waals surface area contributed by atoms with Gasteiger partial charge < -0.3 is 11.1 Å². The van der Waals surface area contributed by atoms with Crippen molar-refractivity contribution in [3.63, 3.8) is 0 Å². The fourth-order valence-corrected chi connectivity index (χ4v) is 2.55. The summed E-state index contributed by atoms with van der Waals surface area (Å²) in [6.45, 7) is 1.13. The minimum absolute atomic E-state index is 0.572. The van der Waals surface area contributed by atoms with Crippen LogP contribution in [-0.2, 0) is 6.42 Å². The van der Waals surface area contributed by atoms with E-state index < -0.39 is 0 Å². The summed E-state index contributed by atoms with van der Waals surface area (Å²) in [5.41, 5.74) is 9.01. The lowest BCUT2D eigenvalue weighted by atomic mass is 10.1. The van der Waals surface area contributed by atoms with Crippen molar-refractivity contribution in [2.45, 2.75) is 25.3 Å². The van der Waals surface area contributed by atoms with Crippen LogP contribution in [0.25, 0.3) is 10.9 Å². The standard InChI is InChI=1S/C14H17N3/c15-13-9-11(8-10-4-3-7-16-10)17-14-6-2-1-5-12(13)14/h1-2,5-6,9-10,16H,3-4,7-8H2,(H2,15,17). The average Bonchev–Trinajstić information content (AvgIpc) is 2.82. The Bertz CT molecular complexity index is 530. The molecule has 0 amide bonds. The average molecular weight is 227 g/mol. The van der Waals surface area contributed by atoms with Crippen molar-refractivity contribution in [3.8, 4) is 0 Å². The van der Waals surface area contributed by atoms with Crippen LogP contribution in [0.2, 0.25) is 0 Å². The Morgan fingerprint density at radius 2 is 2.24 bits per heavy atom. The van der Waals surface area contributed by atoms with Crippen LogP contribution >= 0.6 is 0 Å². The van der Waals surface area contributed by atoms with E-state index in [4.69, 9.17) is 5.73 Å². The molecular weight excluding hydrogens is 210 g/mol. The smallest absolute Gasteiger partial charge is 0.0726 e. The van der Waals surface area contributed by atoms with Gasteiger partial charge in [-0.05, 0) is 31.5 Å². The molecule has 0 bridgehead atoms. The van der Waals surface area contributed by atoms with Gasteiger partial charge in [0.05, 0.1) is 5.52 Å². The van der Waals surface area contributed by atoms with Crippen molar-refractivity contribution in [1.82, 2.24) is 10.3 Å². The van der Waals surface area contributed by atoms with E-state index in [2.05, 4.69) is 10.3 Å². The third kappa shape index (κ3) is 2.11. The lowest BCUT2D eigenvalue weighted by Gasteiger charge is -2.11. The number of nitrogen functional groups attached to an aromatic ring is 1. The SMILES string of the molecule is Nc1cc(CC2CCCN2)nc2ccccc12. The van der Waals surface area contributed by atoms with Gasteiger partial charge in [-0.1, -0.05) is 18.2 Å². The topological polar surface area (TPSA) is 50.9 Å². The molecule has 1 atom stereocenters. The summed E-state index contributed by atoms with van der Waals surface area (Å²) in [6.07, 6.45) is 3.50. The Morgan fingerprint density at radius 3 is 3.06 bits per heavy atom. The van der Waals surface area contributed by atoms with Crippen LogP contribution in [0.4, 0.5) is 5.69 Å². The predicted molar refractivity (Wildman–Crippen MR) is 70.9 cm³/mol. The van der Waals surface area contributed by atoms with Crippen molar-refractivity contribution in [2.75, 3.05) is 12.3 Å². The Hall–Kier alpha value is -1.61. The Morgan fingerprint density at radius 1 is 1.35 bits per heavy atom. The van der Waals surface area contributed by atoms with Crippen LogP contribution in [-0.4, -0.2) is 17.6 Å². The maximum Gasteiger partial charge on any atom is 0.0726 e. The van der Waals surface area contributed by atoms with E-state index in [0.29, 0.717) is 6.04 Å². The number of hydrogen-bond donors (Lipinski definition) is 2. The molecule has 1 aliphatic heterocycles. The summed E-state index contributed by atoms with van der Waals surface area (Å²) in [7, 11) is 0. The highest BCUT2D eigenvalue weighted by Gasteiger charge is 2.15. The number of para-hydroxylation sites is 1. The molecule has 1 unspecified atom stereocenters. The minimum atomic E-state index is 0.572. The van der Waals surface area contributed by atoms with E-state index >= 15 is 0 Å². The minimum Gasteiger partial charge on any atom is -0.398 e. The van der Waals surface area contributed by atoms with Crippen molar-refractivity contribution in [3.05, 3.63) is 36.0 Å². The van der Waals surface area contributed by atoms with E-state index in [9.17, 15) is 0 Å². The third-order valence-electron chi connectivity index (χ3n) is 3.42. The van der Waals surface area contributed by atoms with Crippen LogP contribution < -0.4 is 11.1 Å². The van der Waals surface area contributed by atoms with Crippen molar-refractivity contribution in [1.29, 1.82) is 0 Å². The largest absolute Gasteiger partial charge is 0.398 e. The zero-order chi connectivity index (χ0) is 11.7. The van der Waals surface area contributed by atoms with E-state index in [1.807, 2.05) is 30.3 Å². The van der Waals surface area contributed by atoms with Gasteiger partial charge in [-0.15, -0.1) is 0 Å². The van der Waals surface area contributed by atoms with Gasteiger partial charge >= 0.3 is 0 Å². The molecule has 1 aromatic carbocycles. The number of aromatic nitrogens is 1. The first-order chi connectivity index (χ1) is 8.33. The van der Waals surface area contributed by atoms with Crippen LogP contribution in [0, 0.1) is 0 Å². The molecule has 1 aromatic heterocycles. The molecule has 0 aliphatic carbocycles. The van der Waals surface area contributed by atoms with E-state index in [1.165, 1.54) is 12.8 Å². The number of rotatable bonds is 2. The Labute approximate surface area is 101 Å². The van der Waals surface area contributed by atoms with Gasteiger partial charge in [-0.3, -0.25) is 4.98 Å². The lowest BCUT2D eigenvalue weighted by Crippen LogP contribution is -2.24. The fraction of sp³-hybridized carbons (Fsp3) is 0.357. The molecule has 3 nitrogen and oxygen atoms in total. The molecule has 3 heteroatoms. The van der Waals surface area contributed by atoms with E-state index in [0.717, 1.165) is 35.2 Å². The van der Waals surface area contributed by atoms with Gasteiger partial charge in [0.15, 0.2) is 0 Å². The van der Waals surface area contributed by atoms with Gasteiger partial charge in [0.25, 0.3) is 0 Å². The second kappa shape index (κ2) is 4.34. The second-order valence-electron chi connectivity index (χ2n) is 4.72. The first-order valence-corrected chi connectivity index (χ1v) is 6.20. The summed E-state index contributed by atoms with van der Waals surface area (Å²) >= 11 is 0. The number of hydrogen-bond acceptors (Lipinski definition) is 3. The molecular formula is C14H17N3. The molecule has 0 radical (unpaired) electrons. The van der Waals surface area contributed by atoms with Gasteiger partial charge in [-0.2, -0.15) is 0 Å². The predicted octanol–water partition coefficient (Wildman–Crippen LogP) is 2.11. The second-order valence-corrected chi connectivity index (χ2v) is 4.72. The normalized spacial score (nSPS) is 19.9. The molecule has 17 heavy (non-hydrogen) atoms. The molecule has 1 saturated heterocycles. The summed E-state index contributed by atoms with van der Waals surface area (Å²) < 4.78 is 0. The molecule has 3 rings (SSSR count). The number of fused-ring (bicyclic) bond motifs is 1. The summed E-state index contributed by atoms with van der Waals surface area (Å²) in [5, 5.41) is 4.54. The summed E-state index contributed by atoms with van der Waals surface area (Å²) in [4.78, 5) is 4.68. The van der Waals surface area contributed by atoms with Crippen LogP contribution in [0.3, 0.4) is 0 Å². The quantitative estimate of drug-likeness (QED) is 0.826. The van der Waals surface area contributed by atoms with Crippen LogP contribution in [0.5, 0.6) is 0 Å². The summed E-state index contributed by atoms with van der Waals surface area (Å²) in [6, 6.07) is 10.6. The number of anilines is 1. The first kappa shape index (κ1) is 10.5. The molecule has 1 aliphatic rings. The van der Waals surface area contributed by atoms with Crippen LogP contribution in [0.15, 0.2) is 30.3 Å². The Kier molecular flexibility index (Phi) is 2.69. The molecule has 3 N–H and O–H groups in total. The highest BCUT2D eigenvalue weighted by Crippen LogP contribution is 2.21. The maximum absolute atomic E-state index is 6.07. The number of nitrogens with two attached hydrogens (primary N) is 1. The molecule has 2 aromatic rings. The molecule has 0 saturated carbocycles. The fourth-order valence-electron chi connectivity index (χ4n) is 2.55. The van der Waals surface area contributed by atoms with Gasteiger partial charge in [-0.25, -0.2) is 0 Å². The van der Waals surface area contributed by atoms with Gasteiger partial charge in [0, 0.05) is 29.2 Å². The molecule has 0 spiro atoms. The van der Waals surface area contributed by atoms with Crippen molar-refractivity contribution >= 4 is 16.6 Å². The number of nitrogens with one attached hydrogen (secondary N) is 1. The number of nitrogens with zero attached hydrogens (tertiary/aromatic N) is 1. The highest BCUT2D eigenvalue weighted by molar-refractivity contribution is 5.90. The Balaban J connectivity index is 1.94. The van der Waals surface area contributed by atoms with E-state index in [1.54, 1.807) is 0 Å². The van der Waals surface area contributed by atoms with Gasteiger partial charge in [0.1, 0.15) is 0 Å². The monoisotopic (exact) mass is 227 g/mol. The van der Waals surface area contributed by atoms with Gasteiger partial charge in [0.2, 0.25) is 0 Å². The molecule has 1 fully saturated rings. The lowest BCUT2D eigenvalue weighted by molar-refractivity contribution is 0.596.